The minimum atomic E-state index is 0.538. The second-order valence-electron chi connectivity index (χ2n) is 5.80. The lowest BCUT2D eigenvalue weighted by Gasteiger charge is -2.30. The second-order valence-corrected chi connectivity index (χ2v) is 5.80. The summed E-state index contributed by atoms with van der Waals surface area (Å²) in [5.41, 5.74) is 1.79. The van der Waals surface area contributed by atoms with Gasteiger partial charge in [-0.05, 0) is 31.9 Å². The molecule has 3 aromatic rings. The van der Waals surface area contributed by atoms with Crippen molar-refractivity contribution in [2.75, 3.05) is 18.0 Å². The number of hydrogen-bond acceptors (Lipinski definition) is 4. The molecule has 0 spiro atoms. The Labute approximate surface area is 129 Å². The zero-order chi connectivity index (χ0) is 14.9. The lowest BCUT2D eigenvalue weighted by Crippen LogP contribution is -2.33. The summed E-state index contributed by atoms with van der Waals surface area (Å²) in [5.74, 6) is 1.76. The van der Waals surface area contributed by atoms with Gasteiger partial charge in [0, 0.05) is 37.9 Å². The molecule has 22 heavy (non-hydrogen) atoms. The minimum Gasteiger partial charge on any atom is -0.423 e. The van der Waals surface area contributed by atoms with Crippen molar-refractivity contribution < 1.29 is 4.42 Å². The molecule has 0 N–H and O–H groups in total. The van der Waals surface area contributed by atoms with Crippen LogP contribution in [0.15, 0.2) is 41.1 Å². The van der Waals surface area contributed by atoms with E-state index in [1.807, 2.05) is 30.5 Å². The lowest BCUT2D eigenvalue weighted by molar-refractivity contribution is 0.443. The van der Waals surface area contributed by atoms with Crippen molar-refractivity contribution in [3.8, 4) is 0 Å². The average Bonchev–Trinajstić information content (AvgIpc) is 3.21. The molecule has 0 aliphatic carbocycles. The van der Waals surface area contributed by atoms with Crippen LogP contribution < -0.4 is 4.90 Å². The number of fused-ring (bicyclic) bond motifs is 1. The number of aryl methyl sites for hydroxylation is 1. The van der Waals surface area contributed by atoms with Crippen LogP contribution in [0.1, 0.15) is 31.5 Å². The largest absolute Gasteiger partial charge is 0.423 e. The quantitative estimate of drug-likeness (QED) is 0.743. The Morgan fingerprint density at radius 2 is 2.05 bits per heavy atom. The Bertz CT molecular complexity index is 735. The van der Waals surface area contributed by atoms with E-state index in [0.29, 0.717) is 5.92 Å². The van der Waals surface area contributed by atoms with E-state index in [1.54, 1.807) is 0 Å². The Morgan fingerprint density at radius 3 is 2.82 bits per heavy atom. The molecule has 3 heterocycles. The summed E-state index contributed by atoms with van der Waals surface area (Å²) in [6.45, 7) is 5.08. The Balaban J connectivity index is 1.49. The predicted octanol–water partition coefficient (Wildman–Crippen LogP) is 3.43. The van der Waals surface area contributed by atoms with Gasteiger partial charge in [-0.1, -0.05) is 12.1 Å². The molecule has 4 rings (SSSR count). The standard InChI is InChI=1S/C17H20N4O/c1-2-20-12-9-18-16(20)13-7-10-21(11-8-13)17-19-14-5-3-4-6-15(14)22-17/h3-6,9,12-13H,2,7-8,10-11H2,1H3. The number of anilines is 1. The molecular weight excluding hydrogens is 276 g/mol. The smallest absolute Gasteiger partial charge is 0.298 e. The third kappa shape index (κ3) is 2.26. The molecule has 1 aromatic carbocycles. The summed E-state index contributed by atoms with van der Waals surface area (Å²) < 4.78 is 8.12. The van der Waals surface area contributed by atoms with Gasteiger partial charge in [-0.2, -0.15) is 4.98 Å². The van der Waals surface area contributed by atoms with Crippen LogP contribution in [0.5, 0.6) is 0 Å². The lowest BCUT2D eigenvalue weighted by atomic mass is 9.96. The van der Waals surface area contributed by atoms with Crippen LogP contribution in [0.3, 0.4) is 0 Å². The molecule has 5 heteroatoms. The van der Waals surface area contributed by atoms with E-state index in [4.69, 9.17) is 4.42 Å². The van der Waals surface area contributed by atoms with Crippen LogP contribution in [0, 0.1) is 0 Å². The van der Waals surface area contributed by atoms with E-state index >= 15 is 0 Å². The van der Waals surface area contributed by atoms with Crippen molar-refractivity contribution >= 4 is 17.1 Å². The van der Waals surface area contributed by atoms with Gasteiger partial charge < -0.3 is 13.9 Å². The van der Waals surface area contributed by atoms with Crippen LogP contribution in [-0.4, -0.2) is 27.6 Å². The van der Waals surface area contributed by atoms with Crippen LogP contribution in [-0.2, 0) is 6.54 Å². The first-order valence-corrected chi connectivity index (χ1v) is 7.96. The van der Waals surface area contributed by atoms with Crippen LogP contribution in [0.25, 0.3) is 11.1 Å². The number of rotatable bonds is 3. The van der Waals surface area contributed by atoms with Gasteiger partial charge in [0.15, 0.2) is 5.58 Å². The number of hydrogen-bond donors (Lipinski definition) is 0. The highest BCUT2D eigenvalue weighted by atomic mass is 16.4. The van der Waals surface area contributed by atoms with Crippen LogP contribution in [0.2, 0.25) is 0 Å². The van der Waals surface area contributed by atoms with Gasteiger partial charge in [0.1, 0.15) is 11.3 Å². The fourth-order valence-electron chi connectivity index (χ4n) is 3.27. The van der Waals surface area contributed by atoms with Crippen molar-refractivity contribution in [2.24, 2.45) is 0 Å². The van der Waals surface area contributed by atoms with Gasteiger partial charge in [0.05, 0.1) is 0 Å². The fourth-order valence-corrected chi connectivity index (χ4v) is 3.27. The molecule has 2 aromatic heterocycles. The summed E-state index contributed by atoms with van der Waals surface area (Å²) in [4.78, 5) is 11.4. The Kier molecular flexibility index (Phi) is 3.33. The van der Waals surface area contributed by atoms with E-state index in [2.05, 4.69) is 32.6 Å². The van der Waals surface area contributed by atoms with E-state index in [1.165, 1.54) is 5.82 Å². The molecule has 1 fully saturated rings. The number of benzene rings is 1. The van der Waals surface area contributed by atoms with Gasteiger partial charge >= 0.3 is 0 Å². The molecule has 5 nitrogen and oxygen atoms in total. The van der Waals surface area contributed by atoms with Crippen molar-refractivity contribution in [1.29, 1.82) is 0 Å². The number of oxazole rings is 1. The predicted molar refractivity (Wildman–Crippen MR) is 86.1 cm³/mol. The highest BCUT2D eigenvalue weighted by molar-refractivity contribution is 5.74. The minimum absolute atomic E-state index is 0.538. The molecule has 0 amide bonds. The van der Waals surface area contributed by atoms with Gasteiger partial charge in [0.2, 0.25) is 0 Å². The molecular formula is C17H20N4O. The normalized spacial score (nSPS) is 16.5. The first-order valence-electron chi connectivity index (χ1n) is 7.96. The van der Waals surface area contributed by atoms with Crippen molar-refractivity contribution in [2.45, 2.75) is 32.2 Å². The van der Waals surface area contributed by atoms with E-state index in [-0.39, 0.29) is 0 Å². The Hall–Kier alpha value is -2.30. The molecule has 114 valence electrons. The molecule has 0 unspecified atom stereocenters. The topological polar surface area (TPSA) is 47.1 Å². The molecule has 0 atom stereocenters. The van der Waals surface area contributed by atoms with Crippen molar-refractivity contribution in [3.05, 3.63) is 42.5 Å². The van der Waals surface area contributed by atoms with Crippen LogP contribution >= 0.6 is 0 Å². The number of para-hydroxylation sites is 2. The summed E-state index contributed by atoms with van der Waals surface area (Å²) in [6, 6.07) is 8.68. The maximum Gasteiger partial charge on any atom is 0.298 e. The zero-order valence-electron chi connectivity index (χ0n) is 12.8. The van der Waals surface area contributed by atoms with Gasteiger partial charge in [-0.25, -0.2) is 4.98 Å². The molecule has 0 bridgehead atoms. The fraction of sp³-hybridized carbons (Fsp3) is 0.412. The number of imidazole rings is 1. The maximum atomic E-state index is 5.87. The van der Waals surface area contributed by atoms with Crippen LogP contribution in [0.4, 0.5) is 6.01 Å². The molecule has 0 saturated carbocycles. The second kappa shape index (κ2) is 5.48. The van der Waals surface area contributed by atoms with E-state index in [0.717, 1.165) is 49.6 Å². The molecule has 1 aliphatic rings. The molecule has 1 saturated heterocycles. The SMILES string of the molecule is CCn1ccnc1C1CCN(c2nc3ccccc3o2)CC1. The summed E-state index contributed by atoms with van der Waals surface area (Å²) >= 11 is 0. The third-order valence-electron chi connectivity index (χ3n) is 4.50. The molecule has 1 aliphatic heterocycles. The van der Waals surface area contributed by atoms with Gasteiger partial charge in [-0.15, -0.1) is 0 Å². The molecule has 0 radical (unpaired) electrons. The van der Waals surface area contributed by atoms with Crippen molar-refractivity contribution in [3.63, 3.8) is 0 Å². The van der Waals surface area contributed by atoms with E-state index in [9.17, 15) is 0 Å². The Morgan fingerprint density at radius 1 is 1.23 bits per heavy atom. The zero-order valence-corrected chi connectivity index (χ0v) is 12.8. The van der Waals surface area contributed by atoms with Gasteiger partial charge in [-0.3, -0.25) is 0 Å². The first kappa shape index (κ1) is 13.4. The average molecular weight is 296 g/mol. The third-order valence-corrected chi connectivity index (χ3v) is 4.50. The first-order chi connectivity index (χ1) is 10.8. The van der Waals surface area contributed by atoms with Crippen molar-refractivity contribution in [1.82, 2.24) is 14.5 Å². The monoisotopic (exact) mass is 296 g/mol. The van der Waals surface area contributed by atoms with E-state index < -0.39 is 0 Å². The van der Waals surface area contributed by atoms with Gasteiger partial charge in [0.25, 0.3) is 6.01 Å². The summed E-state index contributed by atoms with van der Waals surface area (Å²) in [7, 11) is 0. The number of aromatic nitrogens is 3. The maximum absolute atomic E-state index is 5.87. The number of nitrogens with zero attached hydrogens (tertiary/aromatic N) is 4. The summed E-state index contributed by atoms with van der Waals surface area (Å²) in [5, 5.41) is 0. The number of piperidine rings is 1. The highest BCUT2D eigenvalue weighted by Gasteiger charge is 2.26. The summed E-state index contributed by atoms with van der Waals surface area (Å²) in [6.07, 6.45) is 6.17. The highest BCUT2D eigenvalue weighted by Crippen LogP contribution is 2.30.